The molecule has 1 aromatic rings. The summed E-state index contributed by atoms with van der Waals surface area (Å²) in [6, 6.07) is -0.519. The lowest BCUT2D eigenvalue weighted by atomic mass is 10.2. The van der Waals surface area contributed by atoms with Crippen molar-refractivity contribution in [3.63, 3.8) is 0 Å². The highest BCUT2D eigenvalue weighted by molar-refractivity contribution is 6.30. The average molecular weight is 243 g/mol. The summed E-state index contributed by atoms with van der Waals surface area (Å²) in [5.74, 6) is -0.00486. The predicted octanol–water partition coefficient (Wildman–Crippen LogP) is -0.180. The van der Waals surface area contributed by atoms with Gasteiger partial charge in [0.15, 0.2) is 0 Å². The van der Waals surface area contributed by atoms with E-state index in [-0.39, 0.29) is 6.61 Å². The van der Waals surface area contributed by atoms with E-state index in [1.54, 1.807) is 4.90 Å². The van der Waals surface area contributed by atoms with E-state index in [1.807, 2.05) is 0 Å². The SMILES string of the molecule is NC(=O)[C@H]1COCCN1c1ncc(Cl)cn1. The highest BCUT2D eigenvalue weighted by Crippen LogP contribution is 2.15. The molecule has 1 saturated heterocycles. The molecule has 16 heavy (non-hydrogen) atoms. The molecule has 0 aromatic carbocycles. The largest absolute Gasteiger partial charge is 0.377 e. The number of carbonyl (C=O) groups excluding carboxylic acids is 1. The second-order valence-electron chi connectivity index (χ2n) is 3.39. The van der Waals surface area contributed by atoms with Gasteiger partial charge in [-0.25, -0.2) is 9.97 Å². The molecule has 1 fully saturated rings. The van der Waals surface area contributed by atoms with E-state index >= 15 is 0 Å². The Bertz CT molecular complexity index is 384. The summed E-state index contributed by atoms with van der Waals surface area (Å²) >= 11 is 5.69. The summed E-state index contributed by atoms with van der Waals surface area (Å²) < 4.78 is 5.19. The summed E-state index contributed by atoms with van der Waals surface area (Å²) in [7, 11) is 0. The monoisotopic (exact) mass is 242 g/mol. The number of anilines is 1. The number of ether oxygens (including phenoxy) is 1. The van der Waals surface area contributed by atoms with Crippen LogP contribution in [0.1, 0.15) is 0 Å². The molecule has 2 rings (SSSR count). The van der Waals surface area contributed by atoms with E-state index in [1.165, 1.54) is 12.4 Å². The Balaban J connectivity index is 2.23. The van der Waals surface area contributed by atoms with E-state index in [2.05, 4.69) is 9.97 Å². The fraction of sp³-hybridized carbons (Fsp3) is 0.444. The molecule has 6 nitrogen and oxygen atoms in total. The Morgan fingerprint density at radius 3 is 2.88 bits per heavy atom. The van der Waals surface area contributed by atoms with Crippen molar-refractivity contribution >= 4 is 23.5 Å². The molecule has 1 aromatic heterocycles. The van der Waals surface area contributed by atoms with E-state index in [9.17, 15) is 4.79 Å². The first-order chi connectivity index (χ1) is 7.68. The third kappa shape index (κ3) is 2.23. The van der Waals surface area contributed by atoms with Crippen molar-refractivity contribution in [2.75, 3.05) is 24.7 Å². The Labute approximate surface area is 97.4 Å². The van der Waals surface area contributed by atoms with Gasteiger partial charge in [0, 0.05) is 6.54 Å². The summed E-state index contributed by atoms with van der Waals surface area (Å²) in [5, 5.41) is 0.452. The topological polar surface area (TPSA) is 81.3 Å². The van der Waals surface area contributed by atoms with Crippen molar-refractivity contribution in [1.82, 2.24) is 9.97 Å². The lowest BCUT2D eigenvalue weighted by Crippen LogP contribution is -2.53. The summed E-state index contributed by atoms with van der Waals surface area (Å²) in [6.45, 7) is 1.33. The molecule has 1 amide bonds. The molecule has 1 atom stereocenters. The molecule has 1 aliphatic heterocycles. The Kier molecular flexibility index (Phi) is 3.21. The number of carbonyl (C=O) groups is 1. The molecule has 0 spiro atoms. The van der Waals surface area contributed by atoms with Crippen LogP contribution in [0.3, 0.4) is 0 Å². The van der Waals surface area contributed by atoms with Gasteiger partial charge < -0.3 is 15.4 Å². The number of hydrogen-bond donors (Lipinski definition) is 1. The Morgan fingerprint density at radius 1 is 1.56 bits per heavy atom. The maximum Gasteiger partial charge on any atom is 0.242 e. The molecule has 0 bridgehead atoms. The molecule has 0 unspecified atom stereocenters. The van der Waals surface area contributed by atoms with Crippen LogP contribution in [0.2, 0.25) is 5.02 Å². The Morgan fingerprint density at radius 2 is 2.25 bits per heavy atom. The first-order valence-electron chi connectivity index (χ1n) is 4.80. The van der Waals surface area contributed by atoms with Crippen LogP contribution in [0, 0.1) is 0 Å². The number of hydrogen-bond acceptors (Lipinski definition) is 5. The highest BCUT2D eigenvalue weighted by Gasteiger charge is 2.29. The number of morpholine rings is 1. The third-order valence-corrected chi connectivity index (χ3v) is 2.52. The van der Waals surface area contributed by atoms with Crippen LogP contribution in [0.15, 0.2) is 12.4 Å². The number of nitrogens with zero attached hydrogens (tertiary/aromatic N) is 3. The molecule has 0 radical (unpaired) electrons. The Hall–Kier alpha value is -1.40. The molecule has 2 heterocycles. The van der Waals surface area contributed by atoms with Crippen LogP contribution in [0.5, 0.6) is 0 Å². The lowest BCUT2D eigenvalue weighted by Gasteiger charge is -2.33. The van der Waals surface area contributed by atoms with Crippen molar-refractivity contribution < 1.29 is 9.53 Å². The maximum atomic E-state index is 11.2. The van der Waals surface area contributed by atoms with Crippen molar-refractivity contribution in [2.24, 2.45) is 5.73 Å². The van der Waals surface area contributed by atoms with Gasteiger partial charge in [-0.3, -0.25) is 4.79 Å². The van der Waals surface area contributed by atoms with Gasteiger partial charge in [-0.05, 0) is 0 Å². The minimum atomic E-state index is -0.519. The number of rotatable bonds is 2. The number of aromatic nitrogens is 2. The minimum Gasteiger partial charge on any atom is -0.377 e. The molecule has 86 valence electrons. The number of nitrogens with two attached hydrogens (primary N) is 1. The van der Waals surface area contributed by atoms with Crippen LogP contribution >= 0.6 is 11.6 Å². The van der Waals surface area contributed by atoms with E-state index in [0.717, 1.165) is 0 Å². The van der Waals surface area contributed by atoms with Gasteiger partial charge in [0.2, 0.25) is 11.9 Å². The average Bonchev–Trinajstić information content (AvgIpc) is 2.30. The first kappa shape index (κ1) is 11.1. The summed E-state index contributed by atoms with van der Waals surface area (Å²) in [5.41, 5.74) is 5.28. The van der Waals surface area contributed by atoms with Crippen LogP contribution < -0.4 is 10.6 Å². The van der Waals surface area contributed by atoms with Crippen LogP contribution in [0.25, 0.3) is 0 Å². The third-order valence-electron chi connectivity index (χ3n) is 2.32. The van der Waals surface area contributed by atoms with E-state index in [4.69, 9.17) is 22.1 Å². The summed E-state index contributed by atoms with van der Waals surface area (Å²) in [4.78, 5) is 21.1. The van der Waals surface area contributed by atoms with Gasteiger partial charge in [-0.2, -0.15) is 0 Å². The molecular formula is C9H11ClN4O2. The van der Waals surface area contributed by atoms with Crippen molar-refractivity contribution in [1.29, 1.82) is 0 Å². The lowest BCUT2D eigenvalue weighted by molar-refractivity contribution is -0.121. The fourth-order valence-corrected chi connectivity index (χ4v) is 1.63. The maximum absolute atomic E-state index is 11.2. The summed E-state index contributed by atoms with van der Waals surface area (Å²) in [6.07, 6.45) is 2.97. The molecular weight excluding hydrogens is 232 g/mol. The molecule has 1 aliphatic rings. The molecule has 2 N–H and O–H groups in total. The van der Waals surface area contributed by atoms with Crippen LogP contribution in [-0.4, -0.2) is 41.7 Å². The van der Waals surface area contributed by atoms with Gasteiger partial charge in [-0.15, -0.1) is 0 Å². The van der Waals surface area contributed by atoms with E-state index in [0.29, 0.717) is 24.1 Å². The predicted molar refractivity (Wildman–Crippen MR) is 58.2 cm³/mol. The zero-order valence-electron chi connectivity index (χ0n) is 8.47. The van der Waals surface area contributed by atoms with E-state index < -0.39 is 11.9 Å². The number of halogens is 1. The van der Waals surface area contributed by atoms with Gasteiger partial charge >= 0.3 is 0 Å². The second-order valence-corrected chi connectivity index (χ2v) is 3.82. The van der Waals surface area contributed by atoms with Crippen molar-refractivity contribution in [3.8, 4) is 0 Å². The zero-order chi connectivity index (χ0) is 11.5. The van der Waals surface area contributed by atoms with Gasteiger partial charge in [0.05, 0.1) is 30.6 Å². The van der Waals surface area contributed by atoms with Gasteiger partial charge in [-0.1, -0.05) is 11.6 Å². The van der Waals surface area contributed by atoms with Crippen LogP contribution in [0.4, 0.5) is 5.95 Å². The zero-order valence-corrected chi connectivity index (χ0v) is 9.22. The normalized spacial score (nSPS) is 20.8. The quantitative estimate of drug-likeness (QED) is 0.778. The van der Waals surface area contributed by atoms with Crippen LogP contribution in [-0.2, 0) is 9.53 Å². The fourth-order valence-electron chi connectivity index (χ4n) is 1.53. The molecule has 7 heteroatoms. The number of amides is 1. The highest BCUT2D eigenvalue weighted by atomic mass is 35.5. The molecule has 0 aliphatic carbocycles. The van der Waals surface area contributed by atoms with Crippen molar-refractivity contribution in [2.45, 2.75) is 6.04 Å². The minimum absolute atomic E-state index is 0.265. The van der Waals surface area contributed by atoms with Crippen molar-refractivity contribution in [3.05, 3.63) is 17.4 Å². The second kappa shape index (κ2) is 4.63. The van der Waals surface area contributed by atoms with Gasteiger partial charge in [0.25, 0.3) is 0 Å². The number of primary amides is 1. The standard InChI is InChI=1S/C9H11ClN4O2/c10-6-3-12-9(13-4-6)14-1-2-16-5-7(14)8(11)15/h3-4,7H,1-2,5H2,(H2,11,15)/t7-/m1/s1. The smallest absolute Gasteiger partial charge is 0.242 e. The first-order valence-corrected chi connectivity index (χ1v) is 5.17. The van der Waals surface area contributed by atoms with Gasteiger partial charge in [0.1, 0.15) is 6.04 Å². The molecule has 0 saturated carbocycles.